The summed E-state index contributed by atoms with van der Waals surface area (Å²) >= 11 is 5.75. The van der Waals surface area contributed by atoms with Gasteiger partial charge in [0.05, 0.1) is 16.7 Å². The quantitative estimate of drug-likeness (QED) is 0.914. The Bertz CT molecular complexity index is 424. The van der Waals surface area contributed by atoms with Crippen LogP contribution in [0.2, 0.25) is 5.02 Å². The SMILES string of the molecule is COC1CCCC(O)(Cc2ccc(F)c(Cl)c2)C1. The van der Waals surface area contributed by atoms with Crippen LogP contribution in [0.5, 0.6) is 0 Å². The zero-order valence-corrected chi connectivity index (χ0v) is 11.2. The van der Waals surface area contributed by atoms with Crippen molar-refractivity contribution in [2.24, 2.45) is 0 Å². The highest BCUT2D eigenvalue weighted by molar-refractivity contribution is 6.30. The minimum absolute atomic E-state index is 0.107. The largest absolute Gasteiger partial charge is 0.389 e. The first-order chi connectivity index (χ1) is 8.52. The molecule has 100 valence electrons. The highest BCUT2D eigenvalue weighted by Crippen LogP contribution is 2.33. The molecule has 2 unspecified atom stereocenters. The Labute approximate surface area is 112 Å². The summed E-state index contributed by atoms with van der Waals surface area (Å²) in [6, 6.07) is 4.61. The third-order valence-electron chi connectivity index (χ3n) is 3.63. The Kier molecular flexibility index (Phi) is 4.25. The first-order valence-electron chi connectivity index (χ1n) is 6.21. The van der Waals surface area contributed by atoms with Crippen molar-refractivity contribution in [2.75, 3.05) is 7.11 Å². The molecule has 0 bridgehead atoms. The molecule has 2 atom stereocenters. The van der Waals surface area contributed by atoms with Gasteiger partial charge >= 0.3 is 0 Å². The maximum absolute atomic E-state index is 13.1. The van der Waals surface area contributed by atoms with Crippen molar-refractivity contribution in [1.82, 2.24) is 0 Å². The fourth-order valence-electron chi connectivity index (χ4n) is 2.68. The second-order valence-electron chi connectivity index (χ2n) is 5.10. The lowest BCUT2D eigenvalue weighted by Gasteiger charge is -2.36. The van der Waals surface area contributed by atoms with Crippen LogP contribution in [0.25, 0.3) is 0 Å². The lowest BCUT2D eigenvalue weighted by Crippen LogP contribution is -2.40. The summed E-state index contributed by atoms with van der Waals surface area (Å²) in [6.07, 6.45) is 3.92. The second-order valence-corrected chi connectivity index (χ2v) is 5.51. The first kappa shape index (κ1) is 13.8. The van der Waals surface area contributed by atoms with Crippen LogP contribution in [-0.4, -0.2) is 23.9 Å². The monoisotopic (exact) mass is 272 g/mol. The van der Waals surface area contributed by atoms with Crippen LogP contribution in [0.4, 0.5) is 4.39 Å². The molecule has 1 fully saturated rings. The van der Waals surface area contributed by atoms with Gasteiger partial charge in [0.15, 0.2) is 0 Å². The summed E-state index contributed by atoms with van der Waals surface area (Å²) < 4.78 is 18.4. The van der Waals surface area contributed by atoms with Crippen molar-refractivity contribution in [1.29, 1.82) is 0 Å². The van der Waals surface area contributed by atoms with Crippen LogP contribution < -0.4 is 0 Å². The molecule has 2 rings (SSSR count). The molecule has 0 aliphatic heterocycles. The number of aliphatic hydroxyl groups is 1. The van der Waals surface area contributed by atoms with Gasteiger partial charge in [-0.25, -0.2) is 4.39 Å². The normalized spacial score (nSPS) is 28.3. The number of hydrogen-bond donors (Lipinski definition) is 1. The lowest BCUT2D eigenvalue weighted by atomic mass is 9.79. The lowest BCUT2D eigenvalue weighted by molar-refractivity contribution is -0.0581. The van der Waals surface area contributed by atoms with Crippen molar-refractivity contribution in [3.05, 3.63) is 34.6 Å². The Morgan fingerprint density at radius 2 is 2.33 bits per heavy atom. The van der Waals surface area contributed by atoms with Gasteiger partial charge < -0.3 is 9.84 Å². The van der Waals surface area contributed by atoms with E-state index in [9.17, 15) is 9.50 Å². The summed E-state index contributed by atoms with van der Waals surface area (Å²) in [5.74, 6) is -0.425. The van der Waals surface area contributed by atoms with Gasteiger partial charge in [0.1, 0.15) is 5.82 Å². The van der Waals surface area contributed by atoms with E-state index in [2.05, 4.69) is 0 Å². The number of halogens is 2. The summed E-state index contributed by atoms with van der Waals surface area (Å²) in [5.41, 5.74) is 0.0979. The van der Waals surface area contributed by atoms with E-state index in [0.717, 1.165) is 24.8 Å². The molecular weight excluding hydrogens is 255 g/mol. The number of ether oxygens (including phenoxy) is 1. The third kappa shape index (κ3) is 3.22. The first-order valence-corrected chi connectivity index (χ1v) is 6.59. The molecule has 2 nitrogen and oxygen atoms in total. The molecule has 0 amide bonds. The molecule has 1 aromatic carbocycles. The molecular formula is C14H18ClFO2. The molecule has 4 heteroatoms. The average Bonchev–Trinajstić information content (AvgIpc) is 2.33. The Hall–Kier alpha value is -0.640. The maximum atomic E-state index is 13.1. The highest BCUT2D eigenvalue weighted by atomic mass is 35.5. The number of rotatable bonds is 3. The Morgan fingerprint density at radius 3 is 3.00 bits per heavy atom. The molecule has 1 N–H and O–H groups in total. The van der Waals surface area contributed by atoms with Gasteiger partial charge in [-0.3, -0.25) is 0 Å². The van der Waals surface area contributed by atoms with Crippen LogP contribution in [0.3, 0.4) is 0 Å². The van der Waals surface area contributed by atoms with Crippen LogP contribution in [0.15, 0.2) is 18.2 Å². The third-order valence-corrected chi connectivity index (χ3v) is 3.92. The van der Waals surface area contributed by atoms with Gasteiger partial charge in [-0.15, -0.1) is 0 Å². The van der Waals surface area contributed by atoms with Crippen molar-refractivity contribution >= 4 is 11.6 Å². The zero-order chi connectivity index (χ0) is 13.2. The topological polar surface area (TPSA) is 29.5 Å². The zero-order valence-electron chi connectivity index (χ0n) is 10.5. The smallest absolute Gasteiger partial charge is 0.141 e. The predicted molar refractivity (Wildman–Crippen MR) is 69.3 cm³/mol. The van der Waals surface area contributed by atoms with Crippen molar-refractivity contribution in [2.45, 2.75) is 43.8 Å². The molecule has 1 aliphatic carbocycles. The van der Waals surface area contributed by atoms with Gasteiger partial charge in [-0.1, -0.05) is 17.7 Å². The molecule has 18 heavy (non-hydrogen) atoms. The van der Waals surface area contributed by atoms with Crippen LogP contribution in [-0.2, 0) is 11.2 Å². The summed E-state index contributed by atoms with van der Waals surface area (Å²) in [7, 11) is 1.67. The second kappa shape index (κ2) is 5.55. The van der Waals surface area contributed by atoms with E-state index in [1.165, 1.54) is 6.07 Å². The predicted octanol–water partition coefficient (Wildman–Crippen LogP) is 3.34. The Balaban J connectivity index is 2.09. The standard InChI is InChI=1S/C14H18ClFO2/c1-18-11-3-2-6-14(17,9-11)8-10-4-5-13(16)12(15)7-10/h4-5,7,11,17H,2-3,6,8-9H2,1H3. The fourth-order valence-corrected chi connectivity index (χ4v) is 2.88. The van der Waals surface area contributed by atoms with E-state index in [4.69, 9.17) is 16.3 Å². The van der Waals surface area contributed by atoms with Crippen molar-refractivity contribution in [3.63, 3.8) is 0 Å². The molecule has 0 aromatic heterocycles. The number of hydrogen-bond acceptors (Lipinski definition) is 2. The molecule has 0 heterocycles. The van der Waals surface area contributed by atoms with Gasteiger partial charge in [-0.2, -0.15) is 0 Å². The van der Waals surface area contributed by atoms with E-state index in [1.54, 1.807) is 19.2 Å². The number of methoxy groups -OCH3 is 1. The number of benzene rings is 1. The summed E-state index contributed by atoms with van der Waals surface area (Å²) in [4.78, 5) is 0. The fraction of sp³-hybridized carbons (Fsp3) is 0.571. The maximum Gasteiger partial charge on any atom is 0.141 e. The van der Waals surface area contributed by atoms with E-state index in [0.29, 0.717) is 12.8 Å². The van der Waals surface area contributed by atoms with E-state index in [1.807, 2.05) is 0 Å². The molecule has 1 aliphatic rings. The van der Waals surface area contributed by atoms with Gasteiger partial charge in [0.2, 0.25) is 0 Å². The molecule has 0 spiro atoms. The van der Waals surface area contributed by atoms with Gasteiger partial charge in [0, 0.05) is 20.0 Å². The average molecular weight is 273 g/mol. The van der Waals surface area contributed by atoms with Crippen molar-refractivity contribution in [3.8, 4) is 0 Å². The van der Waals surface area contributed by atoms with Gasteiger partial charge in [-0.05, 0) is 37.0 Å². The van der Waals surface area contributed by atoms with E-state index in [-0.39, 0.29) is 11.1 Å². The summed E-state index contributed by atoms with van der Waals surface area (Å²) in [5, 5.41) is 10.7. The minimum atomic E-state index is -0.764. The molecule has 1 aromatic rings. The molecule has 0 saturated heterocycles. The van der Waals surface area contributed by atoms with E-state index < -0.39 is 11.4 Å². The van der Waals surface area contributed by atoms with E-state index >= 15 is 0 Å². The molecule has 0 radical (unpaired) electrons. The van der Waals surface area contributed by atoms with Crippen molar-refractivity contribution < 1.29 is 14.2 Å². The van der Waals surface area contributed by atoms with Gasteiger partial charge in [0.25, 0.3) is 0 Å². The van der Waals surface area contributed by atoms with Crippen LogP contribution in [0.1, 0.15) is 31.2 Å². The molecule has 1 saturated carbocycles. The Morgan fingerprint density at radius 1 is 1.56 bits per heavy atom. The minimum Gasteiger partial charge on any atom is -0.389 e. The summed E-state index contributed by atoms with van der Waals surface area (Å²) in [6.45, 7) is 0. The van der Waals surface area contributed by atoms with Crippen LogP contribution >= 0.6 is 11.6 Å². The highest BCUT2D eigenvalue weighted by Gasteiger charge is 2.34. The van der Waals surface area contributed by atoms with Crippen LogP contribution in [0, 0.1) is 5.82 Å².